The standard InChI is InChI=1S/C12H16BrNO/c1-4-14(5-2)12(15)10-8-9(3)6-7-11(10)13/h6-8H,4-5H2,1-3H3. The molecule has 0 aliphatic carbocycles. The third kappa shape index (κ3) is 2.81. The van der Waals surface area contributed by atoms with Crippen molar-refractivity contribution in [2.45, 2.75) is 20.8 Å². The van der Waals surface area contributed by atoms with Gasteiger partial charge in [-0.1, -0.05) is 11.6 Å². The molecule has 0 aliphatic heterocycles. The van der Waals surface area contributed by atoms with Gasteiger partial charge in [0.25, 0.3) is 5.91 Å². The van der Waals surface area contributed by atoms with E-state index in [9.17, 15) is 4.79 Å². The summed E-state index contributed by atoms with van der Waals surface area (Å²) >= 11 is 3.41. The van der Waals surface area contributed by atoms with Gasteiger partial charge in [-0.3, -0.25) is 4.79 Å². The molecule has 0 aromatic heterocycles. The van der Waals surface area contributed by atoms with E-state index in [2.05, 4.69) is 15.9 Å². The molecule has 3 heteroatoms. The van der Waals surface area contributed by atoms with Gasteiger partial charge in [0.15, 0.2) is 0 Å². The molecule has 0 saturated carbocycles. The van der Waals surface area contributed by atoms with Crippen molar-refractivity contribution < 1.29 is 4.79 Å². The maximum absolute atomic E-state index is 12.1. The highest BCUT2D eigenvalue weighted by molar-refractivity contribution is 9.10. The van der Waals surface area contributed by atoms with Crippen LogP contribution in [0.4, 0.5) is 0 Å². The Morgan fingerprint density at radius 3 is 2.47 bits per heavy atom. The van der Waals surface area contributed by atoms with Gasteiger partial charge in [0.05, 0.1) is 5.56 Å². The number of amides is 1. The van der Waals surface area contributed by atoms with Crippen LogP contribution >= 0.6 is 15.9 Å². The first kappa shape index (κ1) is 12.2. The van der Waals surface area contributed by atoms with Gasteiger partial charge >= 0.3 is 0 Å². The SMILES string of the molecule is CCN(CC)C(=O)c1cc(C)ccc1Br. The lowest BCUT2D eigenvalue weighted by atomic mass is 10.1. The van der Waals surface area contributed by atoms with Crippen molar-refractivity contribution in [2.24, 2.45) is 0 Å². The fourth-order valence-electron chi connectivity index (χ4n) is 1.48. The van der Waals surface area contributed by atoms with Crippen LogP contribution in [0, 0.1) is 6.92 Å². The van der Waals surface area contributed by atoms with Gasteiger partial charge in [0.1, 0.15) is 0 Å². The van der Waals surface area contributed by atoms with Crippen LogP contribution in [-0.4, -0.2) is 23.9 Å². The lowest BCUT2D eigenvalue weighted by molar-refractivity contribution is 0.0772. The van der Waals surface area contributed by atoms with Crippen molar-refractivity contribution >= 4 is 21.8 Å². The highest BCUT2D eigenvalue weighted by atomic mass is 79.9. The Morgan fingerprint density at radius 2 is 1.93 bits per heavy atom. The minimum atomic E-state index is 0.0931. The van der Waals surface area contributed by atoms with E-state index in [-0.39, 0.29) is 5.91 Å². The molecule has 0 spiro atoms. The van der Waals surface area contributed by atoms with Crippen LogP contribution in [0.15, 0.2) is 22.7 Å². The summed E-state index contributed by atoms with van der Waals surface area (Å²) in [5, 5.41) is 0. The summed E-state index contributed by atoms with van der Waals surface area (Å²) < 4.78 is 0.866. The van der Waals surface area contributed by atoms with Crippen molar-refractivity contribution in [2.75, 3.05) is 13.1 Å². The predicted molar refractivity (Wildman–Crippen MR) is 66.1 cm³/mol. The molecule has 0 fully saturated rings. The molecule has 0 aliphatic rings. The normalized spacial score (nSPS) is 10.1. The summed E-state index contributed by atoms with van der Waals surface area (Å²) in [7, 11) is 0. The van der Waals surface area contributed by atoms with Crippen LogP contribution < -0.4 is 0 Å². The largest absolute Gasteiger partial charge is 0.339 e. The average molecular weight is 270 g/mol. The monoisotopic (exact) mass is 269 g/mol. The highest BCUT2D eigenvalue weighted by Crippen LogP contribution is 2.19. The van der Waals surface area contributed by atoms with Crippen molar-refractivity contribution in [1.82, 2.24) is 4.90 Å². The average Bonchev–Trinajstić information content (AvgIpc) is 2.23. The second-order valence-corrected chi connectivity index (χ2v) is 4.32. The molecular weight excluding hydrogens is 254 g/mol. The van der Waals surface area contributed by atoms with Gasteiger partial charge < -0.3 is 4.90 Å². The molecule has 0 unspecified atom stereocenters. The highest BCUT2D eigenvalue weighted by Gasteiger charge is 2.15. The fourth-order valence-corrected chi connectivity index (χ4v) is 1.90. The Morgan fingerprint density at radius 1 is 1.33 bits per heavy atom. The Balaban J connectivity index is 3.04. The molecule has 0 radical (unpaired) electrons. The molecule has 0 N–H and O–H groups in total. The second kappa shape index (κ2) is 5.31. The van der Waals surface area contributed by atoms with Crippen molar-refractivity contribution in [3.05, 3.63) is 33.8 Å². The van der Waals surface area contributed by atoms with Crippen molar-refractivity contribution in [3.8, 4) is 0 Å². The molecule has 15 heavy (non-hydrogen) atoms. The van der Waals surface area contributed by atoms with Gasteiger partial charge in [-0.2, -0.15) is 0 Å². The first-order valence-corrected chi connectivity index (χ1v) is 5.94. The fraction of sp³-hybridized carbons (Fsp3) is 0.417. The van der Waals surface area contributed by atoms with E-state index in [4.69, 9.17) is 0 Å². The van der Waals surface area contributed by atoms with Crippen molar-refractivity contribution in [3.63, 3.8) is 0 Å². The zero-order valence-corrected chi connectivity index (χ0v) is 11.0. The van der Waals surface area contributed by atoms with Gasteiger partial charge in [0, 0.05) is 17.6 Å². The molecule has 1 rings (SSSR count). The number of rotatable bonds is 3. The number of hydrogen-bond acceptors (Lipinski definition) is 1. The van der Waals surface area contributed by atoms with Crippen LogP contribution in [0.25, 0.3) is 0 Å². The van der Waals surface area contributed by atoms with E-state index in [0.717, 1.165) is 28.7 Å². The van der Waals surface area contributed by atoms with Gasteiger partial charge in [-0.05, 0) is 48.8 Å². The van der Waals surface area contributed by atoms with E-state index in [1.807, 2.05) is 43.9 Å². The molecule has 0 atom stereocenters. The zero-order valence-electron chi connectivity index (χ0n) is 9.38. The van der Waals surface area contributed by atoms with E-state index >= 15 is 0 Å². The molecule has 1 amide bonds. The molecule has 0 heterocycles. The molecule has 1 aromatic rings. The quantitative estimate of drug-likeness (QED) is 0.825. The Kier molecular flexibility index (Phi) is 4.33. The number of hydrogen-bond donors (Lipinski definition) is 0. The van der Waals surface area contributed by atoms with Crippen LogP contribution in [-0.2, 0) is 0 Å². The minimum absolute atomic E-state index is 0.0931. The number of benzene rings is 1. The molecule has 82 valence electrons. The summed E-state index contributed by atoms with van der Waals surface area (Å²) in [6, 6.07) is 5.83. The number of carbonyl (C=O) groups is 1. The summed E-state index contributed by atoms with van der Waals surface area (Å²) in [5.41, 5.74) is 1.85. The maximum atomic E-state index is 12.1. The smallest absolute Gasteiger partial charge is 0.254 e. The van der Waals surface area contributed by atoms with Gasteiger partial charge in [-0.25, -0.2) is 0 Å². The third-order valence-electron chi connectivity index (χ3n) is 2.40. The molecule has 2 nitrogen and oxygen atoms in total. The number of aryl methyl sites for hydroxylation is 1. The summed E-state index contributed by atoms with van der Waals surface area (Å²) in [5.74, 6) is 0.0931. The van der Waals surface area contributed by atoms with Crippen LogP contribution in [0.5, 0.6) is 0 Å². The molecule has 0 saturated heterocycles. The summed E-state index contributed by atoms with van der Waals surface area (Å²) in [6.45, 7) is 7.47. The second-order valence-electron chi connectivity index (χ2n) is 3.46. The molecule has 1 aromatic carbocycles. The minimum Gasteiger partial charge on any atom is -0.339 e. The maximum Gasteiger partial charge on any atom is 0.254 e. The number of nitrogens with zero attached hydrogens (tertiary/aromatic N) is 1. The van der Waals surface area contributed by atoms with E-state index in [1.165, 1.54) is 0 Å². The third-order valence-corrected chi connectivity index (χ3v) is 3.09. The lowest BCUT2D eigenvalue weighted by Crippen LogP contribution is -2.30. The Bertz CT molecular complexity index is 359. The molecule has 0 bridgehead atoms. The van der Waals surface area contributed by atoms with Crippen LogP contribution in [0.2, 0.25) is 0 Å². The Labute approximate surface area is 99.4 Å². The molecular formula is C12H16BrNO. The first-order valence-electron chi connectivity index (χ1n) is 5.15. The predicted octanol–water partition coefficient (Wildman–Crippen LogP) is 3.24. The number of carbonyl (C=O) groups excluding carboxylic acids is 1. The topological polar surface area (TPSA) is 20.3 Å². The summed E-state index contributed by atoms with van der Waals surface area (Å²) in [4.78, 5) is 13.9. The summed E-state index contributed by atoms with van der Waals surface area (Å²) in [6.07, 6.45) is 0. The van der Waals surface area contributed by atoms with Crippen LogP contribution in [0.1, 0.15) is 29.8 Å². The van der Waals surface area contributed by atoms with E-state index in [1.54, 1.807) is 0 Å². The lowest BCUT2D eigenvalue weighted by Gasteiger charge is -2.19. The van der Waals surface area contributed by atoms with E-state index in [0.29, 0.717) is 0 Å². The van der Waals surface area contributed by atoms with Crippen LogP contribution in [0.3, 0.4) is 0 Å². The van der Waals surface area contributed by atoms with Crippen molar-refractivity contribution in [1.29, 1.82) is 0 Å². The van der Waals surface area contributed by atoms with Gasteiger partial charge in [-0.15, -0.1) is 0 Å². The first-order chi connectivity index (χ1) is 7.10. The Hall–Kier alpha value is -0.830. The zero-order chi connectivity index (χ0) is 11.4. The number of halogens is 1. The van der Waals surface area contributed by atoms with E-state index < -0.39 is 0 Å². The van der Waals surface area contributed by atoms with Gasteiger partial charge in [0.2, 0.25) is 0 Å².